The van der Waals surface area contributed by atoms with E-state index in [9.17, 15) is 9.59 Å². The predicted molar refractivity (Wildman–Crippen MR) is 113 cm³/mol. The fourth-order valence-electron chi connectivity index (χ4n) is 2.46. The monoisotopic (exact) mass is 423 g/mol. The number of methoxy groups -OCH3 is 3. The second-order valence-corrected chi connectivity index (χ2v) is 7.22. The molecule has 0 radical (unpaired) electrons. The van der Waals surface area contributed by atoms with Crippen LogP contribution in [0.2, 0.25) is 5.02 Å². The van der Waals surface area contributed by atoms with Crippen molar-refractivity contribution < 1.29 is 23.8 Å². The molecule has 28 heavy (non-hydrogen) atoms. The van der Waals surface area contributed by atoms with Crippen molar-refractivity contribution in [3.8, 4) is 17.2 Å². The normalized spacial score (nSPS) is 10.3. The van der Waals surface area contributed by atoms with Crippen LogP contribution in [0.1, 0.15) is 15.9 Å². The van der Waals surface area contributed by atoms with Gasteiger partial charge in [0.2, 0.25) is 5.91 Å². The van der Waals surface area contributed by atoms with Gasteiger partial charge in [0.25, 0.3) is 0 Å². The summed E-state index contributed by atoms with van der Waals surface area (Å²) in [4.78, 5) is 24.7. The smallest absolute Gasteiger partial charge is 0.234 e. The van der Waals surface area contributed by atoms with E-state index in [1.807, 2.05) is 6.92 Å². The summed E-state index contributed by atoms with van der Waals surface area (Å²) >= 11 is 7.29. The van der Waals surface area contributed by atoms with E-state index in [0.717, 1.165) is 5.56 Å². The Kier molecular flexibility index (Phi) is 8.02. The van der Waals surface area contributed by atoms with Crippen LogP contribution in [-0.2, 0) is 4.79 Å². The number of carbonyl (C=O) groups is 2. The zero-order chi connectivity index (χ0) is 20.7. The van der Waals surface area contributed by atoms with E-state index in [0.29, 0.717) is 33.5 Å². The Hall–Kier alpha value is -2.38. The van der Waals surface area contributed by atoms with Crippen molar-refractivity contribution in [2.45, 2.75) is 6.92 Å². The molecule has 0 spiro atoms. The molecule has 2 aromatic rings. The van der Waals surface area contributed by atoms with Crippen molar-refractivity contribution in [1.29, 1.82) is 0 Å². The number of aryl methyl sites for hydroxylation is 1. The number of thioether (sulfide) groups is 1. The summed E-state index contributed by atoms with van der Waals surface area (Å²) < 4.78 is 15.6. The fraction of sp³-hybridized carbons (Fsp3) is 0.300. The first-order chi connectivity index (χ1) is 13.4. The molecule has 0 unspecified atom stereocenters. The van der Waals surface area contributed by atoms with Gasteiger partial charge in [-0.1, -0.05) is 11.6 Å². The molecule has 0 saturated carbocycles. The molecule has 0 aromatic heterocycles. The number of hydrogen-bond donors (Lipinski definition) is 1. The molecule has 6 nitrogen and oxygen atoms in total. The third-order valence-electron chi connectivity index (χ3n) is 3.93. The topological polar surface area (TPSA) is 73.9 Å². The zero-order valence-corrected chi connectivity index (χ0v) is 17.7. The third-order valence-corrected chi connectivity index (χ3v) is 5.27. The predicted octanol–water partition coefficient (Wildman–Crippen LogP) is 4.23. The van der Waals surface area contributed by atoms with Crippen LogP contribution in [0.15, 0.2) is 30.3 Å². The Morgan fingerprint density at radius 2 is 1.71 bits per heavy atom. The molecule has 0 heterocycles. The first-order valence-electron chi connectivity index (χ1n) is 8.36. The number of carbonyl (C=O) groups excluding carboxylic acids is 2. The van der Waals surface area contributed by atoms with Gasteiger partial charge in [0.1, 0.15) is 17.2 Å². The number of anilines is 1. The number of ketones is 1. The highest BCUT2D eigenvalue weighted by Gasteiger charge is 2.15. The standard InChI is InChI=1S/C20H22ClNO5S/c1-12-7-16(19(27-4)9-15(12)21)22-20(24)11-28-10-17(23)14-6-5-13(25-2)8-18(14)26-3/h5-9H,10-11H2,1-4H3,(H,22,24). The van der Waals surface area contributed by atoms with Crippen molar-refractivity contribution in [2.24, 2.45) is 0 Å². The molecule has 0 aliphatic rings. The molecule has 2 rings (SSSR count). The molecule has 1 amide bonds. The molecule has 8 heteroatoms. The molecule has 0 atom stereocenters. The Labute approximate surface area is 173 Å². The van der Waals surface area contributed by atoms with Gasteiger partial charge in [-0.2, -0.15) is 0 Å². The fourth-order valence-corrected chi connectivity index (χ4v) is 3.31. The molecule has 0 aliphatic heterocycles. The van der Waals surface area contributed by atoms with Crippen molar-refractivity contribution in [2.75, 3.05) is 38.2 Å². The molecule has 0 aliphatic carbocycles. The van der Waals surface area contributed by atoms with E-state index in [1.54, 1.807) is 37.4 Å². The number of nitrogens with one attached hydrogen (secondary N) is 1. The van der Waals surface area contributed by atoms with E-state index in [4.69, 9.17) is 25.8 Å². The lowest BCUT2D eigenvalue weighted by Crippen LogP contribution is -2.16. The number of rotatable bonds is 9. The summed E-state index contributed by atoms with van der Waals surface area (Å²) in [6.45, 7) is 1.84. The minimum Gasteiger partial charge on any atom is -0.497 e. The Bertz CT molecular complexity index is 872. The molecular formula is C20H22ClNO5S. The second kappa shape index (κ2) is 10.2. The molecular weight excluding hydrogens is 402 g/mol. The van der Waals surface area contributed by atoms with Gasteiger partial charge < -0.3 is 19.5 Å². The highest BCUT2D eigenvalue weighted by atomic mass is 35.5. The Morgan fingerprint density at radius 1 is 1.00 bits per heavy atom. The van der Waals surface area contributed by atoms with Crippen LogP contribution in [0.3, 0.4) is 0 Å². The molecule has 1 N–H and O–H groups in total. The quantitative estimate of drug-likeness (QED) is 0.608. The maximum absolute atomic E-state index is 12.4. The number of benzene rings is 2. The van der Waals surface area contributed by atoms with E-state index in [2.05, 4.69) is 5.32 Å². The summed E-state index contributed by atoms with van der Waals surface area (Å²) in [5.41, 5.74) is 1.82. The number of halogens is 1. The van der Waals surface area contributed by atoms with Crippen LogP contribution in [0.5, 0.6) is 17.2 Å². The van der Waals surface area contributed by atoms with Crippen LogP contribution in [0.4, 0.5) is 5.69 Å². The average molecular weight is 424 g/mol. The largest absolute Gasteiger partial charge is 0.497 e. The van der Waals surface area contributed by atoms with Gasteiger partial charge in [-0.3, -0.25) is 9.59 Å². The first-order valence-corrected chi connectivity index (χ1v) is 9.89. The lowest BCUT2D eigenvalue weighted by Gasteiger charge is -2.12. The van der Waals surface area contributed by atoms with E-state index < -0.39 is 0 Å². The first kappa shape index (κ1) is 21.9. The Balaban J connectivity index is 1.94. The molecule has 0 saturated heterocycles. The van der Waals surface area contributed by atoms with Gasteiger partial charge in [0.15, 0.2) is 5.78 Å². The second-order valence-electron chi connectivity index (χ2n) is 5.83. The maximum Gasteiger partial charge on any atom is 0.234 e. The van der Waals surface area contributed by atoms with E-state index in [1.165, 1.54) is 26.0 Å². The SMILES string of the molecule is COc1ccc(C(=O)CSCC(=O)Nc2cc(C)c(Cl)cc2OC)c(OC)c1. The van der Waals surface area contributed by atoms with Crippen LogP contribution < -0.4 is 19.5 Å². The van der Waals surface area contributed by atoms with Gasteiger partial charge in [-0.05, 0) is 30.7 Å². The van der Waals surface area contributed by atoms with Gasteiger partial charge in [0, 0.05) is 17.2 Å². The minimum absolute atomic E-state index is 0.120. The van der Waals surface area contributed by atoms with Crippen LogP contribution in [-0.4, -0.2) is 44.5 Å². The summed E-state index contributed by atoms with van der Waals surface area (Å²) in [6.07, 6.45) is 0. The lowest BCUT2D eigenvalue weighted by molar-refractivity contribution is -0.113. The Morgan fingerprint density at radius 3 is 2.36 bits per heavy atom. The highest BCUT2D eigenvalue weighted by molar-refractivity contribution is 8.00. The highest BCUT2D eigenvalue weighted by Crippen LogP contribution is 2.31. The third kappa shape index (κ3) is 5.56. The van der Waals surface area contributed by atoms with E-state index in [-0.39, 0.29) is 23.2 Å². The number of hydrogen-bond acceptors (Lipinski definition) is 6. The summed E-state index contributed by atoms with van der Waals surface area (Å²) in [6, 6.07) is 8.40. The number of ether oxygens (including phenoxy) is 3. The summed E-state index contributed by atoms with van der Waals surface area (Å²) in [5, 5.41) is 3.34. The average Bonchev–Trinajstić information content (AvgIpc) is 2.69. The van der Waals surface area contributed by atoms with Gasteiger partial charge >= 0.3 is 0 Å². The van der Waals surface area contributed by atoms with Gasteiger partial charge in [-0.25, -0.2) is 0 Å². The maximum atomic E-state index is 12.4. The van der Waals surface area contributed by atoms with E-state index >= 15 is 0 Å². The van der Waals surface area contributed by atoms with Crippen molar-refractivity contribution in [3.63, 3.8) is 0 Å². The van der Waals surface area contributed by atoms with Crippen molar-refractivity contribution in [1.82, 2.24) is 0 Å². The number of Topliss-reactive ketones (excluding diaryl/α,β-unsaturated/α-hetero) is 1. The van der Waals surface area contributed by atoms with Crippen molar-refractivity contribution >= 4 is 40.7 Å². The van der Waals surface area contributed by atoms with Crippen molar-refractivity contribution in [3.05, 3.63) is 46.5 Å². The zero-order valence-electron chi connectivity index (χ0n) is 16.1. The summed E-state index contributed by atoms with van der Waals surface area (Å²) in [7, 11) is 4.54. The van der Waals surface area contributed by atoms with Crippen LogP contribution in [0, 0.1) is 6.92 Å². The minimum atomic E-state index is -0.237. The van der Waals surface area contributed by atoms with Gasteiger partial charge in [-0.15, -0.1) is 11.8 Å². The van der Waals surface area contributed by atoms with Gasteiger partial charge in [0.05, 0.1) is 44.1 Å². The van der Waals surface area contributed by atoms with Crippen LogP contribution >= 0.6 is 23.4 Å². The summed E-state index contributed by atoms with van der Waals surface area (Å²) in [5.74, 6) is 1.43. The molecule has 2 aromatic carbocycles. The molecule has 150 valence electrons. The van der Waals surface area contributed by atoms with Crippen LogP contribution in [0.25, 0.3) is 0 Å². The lowest BCUT2D eigenvalue weighted by atomic mass is 10.1. The number of amides is 1. The molecule has 0 fully saturated rings. The molecule has 0 bridgehead atoms.